The second-order valence-electron chi connectivity index (χ2n) is 4.51. The minimum absolute atomic E-state index is 0.395. The molecule has 0 aromatic carbocycles. The molecule has 1 atom stereocenters. The van der Waals surface area contributed by atoms with Gasteiger partial charge in [0.15, 0.2) is 5.11 Å². The summed E-state index contributed by atoms with van der Waals surface area (Å²) in [5.74, 6) is 0.686. The van der Waals surface area contributed by atoms with Gasteiger partial charge in [0.1, 0.15) is 0 Å². The maximum Gasteiger partial charge on any atom is 0.166 e. The maximum atomic E-state index is 5.34. The molecule has 3 nitrogen and oxygen atoms in total. The molecule has 1 aliphatic heterocycles. The predicted octanol–water partition coefficient (Wildman–Crippen LogP) is 1.67. The summed E-state index contributed by atoms with van der Waals surface area (Å²) in [6.07, 6.45) is 2.27. The van der Waals surface area contributed by atoms with Crippen LogP contribution >= 0.6 is 12.2 Å². The summed E-state index contributed by atoms with van der Waals surface area (Å²) in [5, 5.41) is 7.32. The Bertz CT molecular complexity index is 203. The molecule has 0 amide bonds. The third-order valence-corrected chi connectivity index (χ3v) is 2.99. The van der Waals surface area contributed by atoms with Crippen LogP contribution in [0.15, 0.2) is 0 Å². The molecule has 0 aromatic rings. The van der Waals surface area contributed by atoms with E-state index in [9.17, 15) is 0 Å². The fourth-order valence-electron chi connectivity index (χ4n) is 1.84. The van der Waals surface area contributed by atoms with Gasteiger partial charge < -0.3 is 15.4 Å². The van der Waals surface area contributed by atoms with E-state index in [2.05, 4.69) is 31.4 Å². The van der Waals surface area contributed by atoms with Gasteiger partial charge in [-0.15, -0.1) is 0 Å². The monoisotopic (exact) mass is 230 g/mol. The summed E-state index contributed by atoms with van der Waals surface area (Å²) in [4.78, 5) is 0. The van der Waals surface area contributed by atoms with Crippen LogP contribution in [0.2, 0.25) is 0 Å². The van der Waals surface area contributed by atoms with Crippen LogP contribution in [0.1, 0.15) is 33.6 Å². The van der Waals surface area contributed by atoms with E-state index in [1.165, 1.54) is 0 Å². The number of thiocarbonyl (C=S) groups is 1. The van der Waals surface area contributed by atoms with Gasteiger partial charge in [0.25, 0.3) is 0 Å². The lowest BCUT2D eigenvalue weighted by atomic mass is 9.93. The van der Waals surface area contributed by atoms with Crippen molar-refractivity contribution in [3.8, 4) is 0 Å². The maximum absolute atomic E-state index is 5.34. The van der Waals surface area contributed by atoms with Gasteiger partial charge in [0.2, 0.25) is 0 Å². The highest BCUT2D eigenvalue weighted by Gasteiger charge is 2.20. The molecular weight excluding hydrogens is 208 g/mol. The molecule has 1 unspecified atom stereocenters. The van der Waals surface area contributed by atoms with Gasteiger partial charge in [-0.2, -0.15) is 0 Å². The summed E-state index contributed by atoms with van der Waals surface area (Å²) < 4.78 is 5.34. The summed E-state index contributed by atoms with van der Waals surface area (Å²) in [7, 11) is 0. The molecule has 0 aromatic heterocycles. The van der Waals surface area contributed by atoms with Crippen LogP contribution in [0.25, 0.3) is 0 Å². The quantitative estimate of drug-likeness (QED) is 0.723. The van der Waals surface area contributed by atoms with E-state index in [1.807, 2.05) is 0 Å². The second-order valence-corrected chi connectivity index (χ2v) is 4.92. The van der Waals surface area contributed by atoms with Crippen molar-refractivity contribution >= 4 is 17.3 Å². The van der Waals surface area contributed by atoms with Crippen LogP contribution < -0.4 is 10.6 Å². The fourth-order valence-corrected chi connectivity index (χ4v) is 2.27. The topological polar surface area (TPSA) is 33.3 Å². The summed E-state index contributed by atoms with van der Waals surface area (Å²) in [5.41, 5.74) is 0. The molecule has 1 fully saturated rings. The van der Waals surface area contributed by atoms with E-state index in [1.54, 1.807) is 0 Å². The summed E-state index contributed by atoms with van der Waals surface area (Å²) in [6.45, 7) is 8.16. The zero-order valence-electron chi connectivity index (χ0n) is 9.88. The first-order valence-electron chi connectivity index (χ1n) is 5.74. The number of hydrogen-bond donors (Lipinski definition) is 2. The van der Waals surface area contributed by atoms with E-state index >= 15 is 0 Å². The van der Waals surface area contributed by atoms with Crippen LogP contribution in [-0.4, -0.2) is 30.4 Å². The molecule has 1 saturated heterocycles. The number of hydrogen-bond acceptors (Lipinski definition) is 2. The zero-order chi connectivity index (χ0) is 11.3. The van der Waals surface area contributed by atoms with Crippen LogP contribution in [0, 0.1) is 5.92 Å². The Morgan fingerprint density at radius 3 is 2.33 bits per heavy atom. The van der Waals surface area contributed by atoms with E-state index in [0.29, 0.717) is 18.0 Å². The fraction of sp³-hybridized carbons (Fsp3) is 0.909. The third kappa shape index (κ3) is 4.80. The molecule has 1 aliphatic rings. The minimum Gasteiger partial charge on any atom is -0.381 e. The molecule has 88 valence electrons. The molecule has 1 rings (SSSR count). The lowest BCUT2D eigenvalue weighted by Crippen LogP contribution is -2.46. The van der Waals surface area contributed by atoms with Crippen molar-refractivity contribution in [1.29, 1.82) is 0 Å². The number of rotatable bonds is 3. The minimum atomic E-state index is 0.395. The van der Waals surface area contributed by atoms with Crippen molar-refractivity contribution in [3.05, 3.63) is 0 Å². The lowest BCUT2D eigenvalue weighted by molar-refractivity contribution is 0.0581. The molecular formula is C11H22N2OS. The Kier molecular flexibility index (Phi) is 5.32. The molecule has 1 heterocycles. The van der Waals surface area contributed by atoms with E-state index in [4.69, 9.17) is 17.0 Å². The molecule has 0 aliphatic carbocycles. The van der Waals surface area contributed by atoms with Crippen LogP contribution in [0.4, 0.5) is 0 Å². The van der Waals surface area contributed by atoms with Crippen molar-refractivity contribution in [2.45, 2.75) is 45.7 Å². The Labute approximate surface area is 98.0 Å². The average molecular weight is 230 g/mol. The van der Waals surface area contributed by atoms with Crippen molar-refractivity contribution < 1.29 is 4.74 Å². The average Bonchev–Trinajstić information content (AvgIpc) is 2.17. The number of ether oxygens (including phenoxy) is 1. The molecule has 0 spiro atoms. The molecule has 2 N–H and O–H groups in total. The normalized spacial score (nSPS) is 20.0. The highest BCUT2D eigenvalue weighted by molar-refractivity contribution is 7.80. The predicted molar refractivity (Wildman–Crippen MR) is 67.0 cm³/mol. The van der Waals surface area contributed by atoms with Gasteiger partial charge in [0, 0.05) is 25.3 Å². The van der Waals surface area contributed by atoms with Crippen molar-refractivity contribution in [1.82, 2.24) is 10.6 Å². The van der Waals surface area contributed by atoms with Crippen LogP contribution in [0.5, 0.6) is 0 Å². The zero-order valence-corrected chi connectivity index (χ0v) is 10.7. The van der Waals surface area contributed by atoms with Gasteiger partial charge in [-0.3, -0.25) is 0 Å². The summed E-state index contributed by atoms with van der Waals surface area (Å²) in [6, 6.07) is 0.833. The highest BCUT2D eigenvalue weighted by atomic mass is 32.1. The van der Waals surface area contributed by atoms with E-state index in [-0.39, 0.29) is 0 Å². The Balaban J connectivity index is 2.27. The number of nitrogens with one attached hydrogen (secondary N) is 2. The molecule has 0 saturated carbocycles. The standard InChI is InChI=1S/C11H22N2OS/c1-8(2)12-11(15)13-9(3)10-4-6-14-7-5-10/h8-10H,4-7H2,1-3H3,(H2,12,13,15). The van der Waals surface area contributed by atoms with Gasteiger partial charge in [-0.25, -0.2) is 0 Å². The lowest BCUT2D eigenvalue weighted by Gasteiger charge is -2.29. The first kappa shape index (κ1) is 12.7. The summed E-state index contributed by atoms with van der Waals surface area (Å²) >= 11 is 5.22. The smallest absolute Gasteiger partial charge is 0.166 e. The first-order valence-corrected chi connectivity index (χ1v) is 6.15. The second kappa shape index (κ2) is 6.28. The van der Waals surface area contributed by atoms with E-state index < -0.39 is 0 Å². The van der Waals surface area contributed by atoms with Gasteiger partial charge in [-0.05, 0) is 51.7 Å². The SMILES string of the molecule is CC(C)NC(=S)NC(C)C1CCOCC1. The van der Waals surface area contributed by atoms with Gasteiger partial charge in [0.05, 0.1) is 0 Å². The van der Waals surface area contributed by atoms with Crippen LogP contribution in [0.3, 0.4) is 0 Å². The molecule has 4 heteroatoms. The molecule has 0 radical (unpaired) electrons. The van der Waals surface area contributed by atoms with Crippen molar-refractivity contribution in [3.63, 3.8) is 0 Å². The highest BCUT2D eigenvalue weighted by Crippen LogP contribution is 2.18. The van der Waals surface area contributed by atoms with E-state index in [0.717, 1.165) is 31.2 Å². The third-order valence-electron chi connectivity index (χ3n) is 2.75. The van der Waals surface area contributed by atoms with Crippen molar-refractivity contribution in [2.75, 3.05) is 13.2 Å². The largest absolute Gasteiger partial charge is 0.381 e. The Morgan fingerprint density at radius 1 is 1.20 bits per heavy atom. The first-order chi connectivity index (χ1) is 7.09. The Hall–Kier alpha value is -0.350. The Morgan fingerprint density at radius 2 is 1.80 bits per heavy atom. The van der Waals surface area contributed by atoms with Crippen molar-refractivity contribution in [2.24, 2.45) is 5.92 Å². The van der Waals surface area contributed by atoms with Gasteiger partial charge >= 0.3 is 0 Å². The van der Waals surface area contributed by atoms with Gasteiger partial charge in [-0.1, -0.05) is 0 Å². The van der Waals surface area contributed by atoms with Crippen LogP contribution in [-0.2, 0) is 4.74 Å². The molecule has 15 heavy (non-hydrogen) atoms. The molecule has 0 bridgehead atoms.